The van der Waals surface area contributed by atoms with Crippen molar-refractivity contribution in [3.63, 3.8) is 0 Å². The van der Waals surface area contributed by atoms with Gasteiger partial charge in [-0.3, -0.25) is 9.69 Å². The van der Waals surface area contributed by atoms with E-state index in [1.54, 1.807) is 25.1 Å². The summed E-state index contributed by atoms with van der Waals surface area (Å²) in [6, 6.07) is 5.03. The maximum atomic E-state index is 12.4. The van der Waals surface area contributed by atoms with Crippen molar-refractivity contribution in [2.45, 2.75) is 19.4 Å². The number of hydrogen-bond donors (Lipinski definition) is 2. The van der Waals surface area contributed by atoms with Gasteiger partial charge in [0.1, 0.15) is 10.4 Å². The Labute approximate surface area is 141 Å². The normalized spacial score (nSPS) is 17.6. The Hall–Kier alpha value is -2.19. The van der Waals surface area contributed by atoms with Gasteiger partial charge in [0.25, 0.3) is 5.91 Å². The minimum atomic E-state index is -1.10. The minimum Gasteiger partial charge on any atom is -0.480 e. The molecule has 2 N–H and O–H groups in total. The number of carbonyl (C=O) groups is 3. The van der Waals surface area contributed by atoms with Crippen LogP contribution < -0.4 is 0 Å². The van der Waals surface area contributed by atoms with Crippen LogP contribution in [0.3, 0.4) is 0 Å². The van der Waals surface area contributed by atoms with Gasteiger partial charge in [0.2, 0.25) is 0 Å². The van der Waals surface area contributed by atoms with Gasteiger partial charge in [-0.2, -0.15) is 0 Å². The summed E-state index contributed by atoms with van der Waals surface area (Å²) in [5, 5.41) is 18.0. The number of aliphatic carboxylic acids is 1. The third kappa shape index (κ3) is 3.59. The number of aromatic carboxylic acids is 1. The van der Waals surface area contributed by atoms with Gasteiger partial charge < -0.3 is 10.2 Å². The molecular formula is C15H13NO5S2. The predicted octanol–water partition coefficient (Wildman–Crippen LogP) is 2.45. The van der Waals surface area contributed by atoms with Gasteiger partial charge in [0.05, 0.1) is 10.5 Å². The summed E-state index contributed by atoms with van der Waals surface area (Å²) in [6.07, 6.45) is 1.82. The molecule has 1 aromatic rings. The summed E-state index contributed by atoms with van der Waals surface area (Å²) < 4.78 is 0.206. The van der Waals surface area contributed by atoms with Crippen molar-refractivity contribution in [1.82, 2.24) is 4.90 Å². The number of thiocarbonyl (C=S) groups is 1. The number of carbonyl (C=O) groups excluding carboxylic acids is 1. The molecular weight excluding hydrogens is 338 g/mol. The van der Waals surface area contributed by atoms with Crippen LogP contribution in [-0.4, -0.2) is 43.3 Å². The molecule has 1 amide bonds. The molecule has 8 heteroatoms. The van der Waals surface area contributed by atoms with Crippen molar-refractivity contribution in [1.29, 1.82) is 0 Å². The van der Waals surface area contributed by atoms with E-state index in [0.717, 1.165) is 16.7 Å². The first-order chi connectivity index (χ1) is 10.8. The molecule has 0 bridgehead atoms. The second-order valence-corrected chi connectivity index (χ2v) is 6.42. The monoisotopic (exact) mass is 351 g/mol. The van der Waals surface area contributed by atoms with E-state index < -0.39 is 23.9 Å². The van der Waals surface area contributed by atoms with Crippen LogP contribution in [-0.2, 0) is 9.59 Å². The summed E-state index contributed by atoms with van der Waals surface area (Å²) >= 11 is 6.15. The van der Waals surface area contributed by atoms with Crippen LogP contribution in [0, 0.1) is 0 Å². The lowest BCUT2D eigenvalue weighted by molar-refractivity contribution is -0.145. The zero-order valence-corrected chi connectivity index (χ0v) is 13.7. The summed E-state index contributed by atoms with van der Waals surface area (Å²) in [6.45, 7) is 1.67. The quantitative estimate of drug-likeness (QED) is 0.621. The number of hydrogen-bond acceptors (Lipinski definition) is 5. The summed E-state index contributed by atoms with van der Waals surface area (Å²) in [5.41, 5.74) is 0.783. The van der Waals surface area contributed by atoms with Gasteiger partial charge in [-0.05, 0) is 30.2 Å². The van der Waals surface area contributed by atoms with Crippen molar-refractivity contribution in [2.75, 3.05) is 0 Å². The van der Waals surface area contributed by atoms with Crippen LogP contribution in [0.1, 0.15) is 29.3 Å². The lowest BCUT2D eigenvalue weighted by Gasteiger charge is -2.21. The topological polar surface area (TPSA) is 94.9 Å². The smallest absolute Gasteiger partial charge is 0.335 e. The highest BCUT2D eigenvalue weighted by Crippen LogP contribution is 2.34. The van der Waals surface area contributed by atoms with Crippen molar-refractivity contribution >= 4 is 52.2 Å². The molecule has 0 spiro atoms. The Bertz CT molecular complexity index is 711. The van der Waals surface area contributed by atoms with E-state index in [-0.39, 0.29) is 16.3 Å². The van der Waals surface area contributed by atoms with Gasteiger partial charge in [-0.15, -0.1) is 0 Å². The van der Waals surface area contributed by atoms with Crippen LogP contribution in [0.15, 0.2) is 29.2 Å². The largest absolute Gasteiger partial charge is 0.480 e. The second-order valence-electron chi connectivity index (χ2n) is 4.74. The van der Waals surface area contributed by atoms with Gasteiger partial charge in [0.15, 0.2) is 0 Å². The molecule has 0 aliphatic carbocycles. The molecule has 120 valence electrons. The number of carboxylic acid groups (broad SMARTS) is 2. The predicted molar refractivity (Wildman–Crippen MR) is 90.1 cm³/mol. The third-order valence-corrected chi connectivity index (χ3v) is 4.59. The Balaban J connectivity index is 2.27. The van der Waals surface area contributed by atoms with E-state index in [4.69, 9.17) is 17.3 Å². The zero-order chi connectivity index (χ0) is 17.1. The van der Waals surface area contributed by atoms with Crippen molar-refractivity contribution < 1.29 is 24.6 Å². The van der Waals surface area contributed by atoms with Crippen molar-refractivity contribution in [3.8, 4) is 0 Å². The number of carboxylic acids is 2. The summed E-state index contributed by atoms with van der Waals surface area (Å²) in [7, 11) is 0. The van der Waals surface area contributed by atoms with Gasteiger partial charge >= 0.3 is 11.9 Å². The Morgan fingerprint density at radius 2 is 1.91 bits per heavy atom. The standard InChI is InChI=1S/C15H13NO5S2/c1-2-10(14(20)21)16-12(17)11(23-15(16)22)7-8-3-5-9(6-4-8)13(18)19/h3-7,10H,2H2,1H3,(H,18,19)(H,20,21)/b11-7-. The summed E-state index contributed by atoms with van der Waals surface area (Å²) in [5.74, 6) is -2.58. The molecule has 0 aromatic heterocycles. The second kappa shape index (κ2) is 6.93. The van der Waals surface area contributed by atoms with Gasteiger partial charge in [-0.25, -0.2) is 9.59 Å². The van der Waals surface area contributed by atoms with E-state index in [1.165, 1.54) is 12.1 Å². The number of nitrogens with zero attached hydrogens (tertiary/aromatic N) is 1. The van der Waals surface area contributed by atoms with Crippen LogP contribution in [0.25, 0.3) is 6.08 Å². The highest BCUT2D eigenvalue weighted by Gasteiger charge is 2.39. The molecule has 2 rings (SSSR count). The molecule has 1 atom stereocenters. The van der Waals surface area contributed by atoms with Crippen LogP contribution in [0.5, 0.6) is 0 Å². The van der Waals surface area contributed by atoms with Gasteiger partial charge in [0, 0.05) is 0 Å². The van der Waals surface area contributed by atoms with Crippen LogP contribution in [0.2, 0.25) is 0 Å². The molecule has 1 heterocycles. The summed E-state index contributed by atoms with van der Waals surface area (Å²) in [4.78, 5) is 35.9. The highest BCUT2D eigenvalue weighted by molar-refractivity contribution is 8.26. The molecule has 1 aromatic carbocycles. The fourth-order valence-electron chi connectivity index (χ4n) is 2.09. The third-order valence-electron chi connectivity index (χ3n) is 3.26. The Kier molecular flexibility index (Phi) is 5.17. The fourth-order valence-corrected chi connectivity index (χ4v) is 3.45. The Morgan fingerprint density at radius 3 is 2.39 bits per heavy atom. The molecule has 0 radical (unpaired) electrons. The first-order valence-corrected chi connectivity index (χ1v) is 7.90. The lowest BCUT2D eigenvalue weighted by Crippen LogP contribution is -2.43. The molecule has 6 nitrogen and oxygen atoms in total. The van der Waals surface area contributed by atoms with Crippen molar-refractivity contribution in [3.05, 3.63) is 40.3 Å². The maximum Gasteiger partial charge on any atom is 0.335 e. The van der Waals surface area contributed by atoms with E-state index >= 15 is 0 Å². The van der Waals surface area contributed by atoms with Crippen LogP contribution >= 0.6 is 24.0 Å². The first-order valence-electron chi connectivity index (χ1n) is 6.68. The molecule has 1 aliphatic rings. The van der Waals surface area contributed by atoms with E-state index in [9.17, 15) is 19.5 Å². The first kappa shape index (κ1) is 17.2. The fraction of sp³-hybridized carbons (Fsp3) is 0.200. The van der Waals surface area contributed by atoms with E-state index in [1.807, 2.05) is 0 Å². The maximum absolute atomic E-state index is 12.4. The number of amides is 1. The highest BCUT2D eigenvalue weighted by atomic mass is 32.2. The number of rotatable bonds is 5. The molecule has 1 aliphatic heterocycles. The van der Waals surface area contributed by atoms with E-state index in [0.29, 0.717) is 10.5 Å². The zero-order valence-electron chi connectivity index (χ0n) is 12.1. The SMILES string of the molecule is CCC(C(=O)O)N1C(=O)/C(=C/c2ccc(C(=O)O)cc2)SC1=S. The average molecular weight is 351 g/mol. The molecule has 1 unspecified atom stereocenters. The Morgan fingerprint density at radius 1 is 1.30 bits per heavy atom. The van der Waals surface area contributed by atoms with Crippen molar-refractivity contribution in [2.24, 2.45) is 0 Å². The molecule has 1 saturated heterocycles. The van der Waals surface area contributed by atoms with E-state index in [2.05, 4.69) is 0 Å². The molecule has 0 saturated carbocycles. The average Bonchev–Trinajstić information content (AvgIpc) is 2.76. The minimum absolute atomic E-state index is 0.145. The number of benzene rings is 1. The number of thioether (sulfide) groups is 1. The lowest BCUT2D eigenvalue weighted by atomic mass is 10.1. The molecule has 23 heavy (non-hydrogen) atoms. The van der Waals surface area contributed by atoms with Crippen LogP contribution in [0.4, 0.5) is 0 Å². The molecule has 1 fully saturated rings. The van der Waals surface area contributed by atoms with Gasteiger partial charge in [-0.1, -0.05) is 43.0 Å².